The maximum Gasteiger partial charge on any atom is 0.388 e. The molecule has 0 heterocycles. The van der Waals surface area contributed by atoms with E-state index in [-0.39, 0.29) is 5.23 Å². The average Bonchev–Trinajstić information content (AvgIpc) is 2.26. The van der Waals surface area contributed by atoms with Gasteiger partial charge in [0.2, 0.25) is 5.23 Å². The lowest BCUT2D eigenvalue weighted by Crippen LogP contribution is -2.05. The summed E-state index contributed by atoms with van der Waals surface area (Å²) >= 11 is 0. The van der Waals surface area contributed by atoms with Gasteiger partial charge >= 0.3 is 36.6 Å². The molecule has 19 heavy (non-hydrogen) atoms. The lowest BCUT2D eigenvalue weighted by atomic mass is 10.8. The van der Waals surface area contributed by atoms with Gasteiger partial charge in [0.25, 0.3) is 15.7 Å². The predicted octanol–water partition coefficient (Wildman–Crippen LogP) is -2.52. The Bertz CT molecular complexity index is 480. The van der Waals surface area contributed by atoms with Crippen LogP contribution >= 0.6 is 0 Å². The van der Waals surface area contributed by atoms with Crippen LogP contribution in [0.15, 0.2) is 15.7 Å². The molecule has 0 rings (SSSR count). The molecule has 0 saturated heterocycles. The quantitative estimate of drug-likeness (QED) is 0.205. The first kappa shape index (κ1) is 15.3. The number of hydrogen-bond acceptors (Lipinski definition) is 6. The third-order valence-electron chi connectivity index (χ3n) is 0.899. The average molecular weight is 272 g/mol. The molecule has 0 aliphatic rings. The van der Waals surface area contributed by atoms with Crippen LogP contribution in [0.1, 0.15) is 0 Å². The summed E-state index contributed by atoms with van der Waals surface area (Å²) in [6.07, 6.45) is 1.12. The van der Waals surface area contributed by atoms with Crippen molar-refractivity contribution in [3.05, 3.63) is 0 Å². The van der Waals surface area contributed by atoms with Gasteiger partial charge in [-0.2, -0.15) is 0 Å². The molecule has 0 aromatic heterocycles. The van der Waals surface area contributed by atoms with Gasteiger partial charge in [0.05, 0.1) is 0 Å². The van der Waals surface area contributed by atoms with Crippen molar-refractivity contribution in [2.24, 2.45) is 15.7 Å². The summed E-state index contributed by atoms with van der Waals surface area (Å²) in [6, 6.07) is 0. The van der Waals surface area contributed by atoms with Crippen molar-refractivity contribution in [1.82, 2.24) is 5.23 Å². The predicted molar refractivity (Wildman–Crippen MR) is 51.0 cm³/mol. The van der Waals surface area contributed by atoms with Gasteiger partial charge in [-0.05, 0) is 0 Å². The highest BCUT2D eigenvalue weighted by atomic mass is 16.4. The zero-order chi connectivity index (χ0) is 14.7. The second-order valence-electron chi connectivity index (χ2n) is 2.29. The molecule has 0 saturated carbocycles. The fourth-order valence-corrected chi connectivity index (χ4v) is 0.418. The number of carbonyl (C=O) groups is 3. The van der Waals surface area contributed by atoms with Gasteiger partial charge < -0.3 is 15.3 Å². The highest BCUT2D eigenvalue weighted by molar-refractivity contribution is 6.19. The summed E-state index contributed by atoms with van der Waals surface area (Å²) < 4.78 is 0. The monoisotopic (exact) mass is 272 g/mol. The third-order valence-corrected chi connectivity index (χ3v) is 0.899. The Kier molecular flexibility index (Phi) is 6.86. The van der Waals surface area contributed by atoms with E-state index in [0.717, 1.165) is 0 Å². The summed E-state index contributed by atoms with van der Waals surface area (Å²) in [5, 5.41) is 34.0. The molecule has 98 valence electrons. The second-order valence-corrected chi connectivity index (χ2v) is 2.29. The molecule has 0 aliphatic heterocycles. The zero-order valence-corrected chi connectivity index (χ0v) is 8.93. The first-order valence-electron chi connectivity index (χ1n) is 4.12. The zero-order valence-electron chi connectivity index (χ0n) is 8.93. The van der Waals surface area contributed by atoms with Crippen LogP contribution in [0.5, 0.6) is 0 Å². The molecule has 0 aliphatic carbocycles. The molecule has 0 radical (unpaired) electrons. The minimum Gasteiger partial charge on any atom is -0.474 e. The minimum absolute atomic E-state index is 0.207. The number of nitrogens with zero attached hydrogens (tertiary/aromatic N) is 7. The first-order chi connectivity index (χ1) is 8.91. The van der Waals surface area contributed by atoms with Crippen LogP contribution in [0.3, 0.4) is 0 Å². The Morgan fingerprint density at radius 1 is 0.737 bits per heavy atom. The lowest BCUT2D eigenvalue weighted by Gasteiger charge is -1.72. The van der Waals surface area contributed by atoms with Crippen LogP contribution in [0.25, 0.3) is 0 Å². The van der Waals surface area contributed by atoms with Crippen LogP contribution in [0, 0.1) is 0 Å². The Hall–Kier alpha value is -3.65. The summed E-state index contributed by atoms with van der Waals surface area (Å²) in [6.45, 7) is 0. The largest absolute Gasteiger partial charge is 0.474 e. The van der Waals surface area contributed by atoms with Crippen molar-refractivity contribution in [2.45, 2.75) is 0 Å². The second kappa shape index (κ2) is 8.50. The maximum atomic E-state index is 10.1. The summed E-state index contributed by atoms with van der Waals surface area (Å²) in [7, 11) is 0. The molecule has 0 spiro atoms. The molecule has 0 bridgehead atoms. The Morgan fingerprint density at radius 2 is 1.00 bits per heavy atom. The Labute approximate surface area is 102 Å². The molecule has 13 heteroatoms. The van der Waals surface area contributed by atoms with Gasteiger partial charge in [-0.15, -0.1) is 0 Å². The van der Waals surface area contributed by atoms with E-state index in [0.29, 0.717) is 18.6 Å². The standard InChI is InChI=1S/C6H3N7O6/c14-4(15)1-7-10-13(11-8-2-5(16)17)12-9-3-6(18)19/h1-3H/p+3. The van der Waals surface area contributed by atoms with E-state index in [1.165, 1.54) is 0 Å². The molecule has 0 aromatic carbocycles. The van der Waals surface area contributed by atoms with Crippen molar-refractivity contribution in [3.8, 4) is 0 Å². The molecule has 0 amide bonds. The molecular weight excluding hydrogens is 266 g/mol. The number of carboxylic acid groups (broad SMARTS) is 3. The molecule has 0 aromatic rings. The van der Waals surface area contributed by atoms with Crippen molar-refractivity contribution in [2.75, 3.05) is 0 Å². The van der Waals surface area contributed by atoms with E-state index < -0.39 is 17.9 Å². The van der Waals surface area contributed by atoms with Crippen LogP contribution in [-0.2, 0) is 14.4 Å². The van der Waals surface area contributed by atoms with E-state index in [4.69, 9.17) is 15.3 Å². The van der Waals surface area contributed by atoms with Crippen LogP contribution in [0.4, 0.5) is 0 Å². The topological polar surface area (TPSA) is 195 Å². The first-order valence-corrected chi connectivity index (χ1v) is 4.12. The SMILES string of the molecule is O=C(O)C=[N+]=NN(N=[N+]=CC(=O)O)N=[N+]=CC(=O)O. The fraction of sp³-hybridized carbons (Fsp3) is 0. The molecular formula is C6H6N7O6+3. The fourth-order valence-electron chi connectivity index (χ4n) is 0.418. The van der Waals surface area contributed by atoms with E-state index in [1.807, 2.05) is 0 Å². The van der Waals surface area contributed by atoms with Crippen LogP contribution in [0.2, 0.25) is 0 Å². The van der Waals surface area contributed by atoms with Crippen LogP contribution < -0.4 is 0 Å². The highest BCUT2D eigenvalue weighted by Crippen LogP contribution is 1.85. The smallest absolute Gasteiger partial charge is 0.388 e. The number of hydrogen-bond donors (Lipinski definition) is 3. The number of rotatable bonds is 6. The van der Waals surface area contributed by atoms with Crippen molar-refractivity contribution >= 4 is 36.6 Å². The van der Waals surface area contributed by atoms with Crippen molar-refractivity contribution in [3.63, 3.8) is 0 Å². The van der Waals surface area contributed by atoms with E-state index in [2.05, 4.69) is 30.0 Å². The summed E-state index contributed by atoms with van der Waals surface area (Å²) in [5.41, 5.74) is 0. The molecule has 0 atom stereocenters. The normalized spacial score (nSPS) is 7.58. The Balaban J connectivity index is 5.15. The van der Waals surface area contributed by atoms with E-state index in [9.17, 15) is 14.4 Å². The summed E-state index contributed by atoms with van der Waals surface area (Å²) in [5.74, 6) is -4.23. The van der Waals surface area contributed by atoms with Gasteiger partial charge in [-0.1, -0.05) is 14.4 Å². The van der Waals surface area contributed by atoms with Gasteiger partial charge in [-0.3, -0.25) is 0 Å². The van der Waals surface area contributed by atoms with E-state index in [1.54, 1.807) is 0 Å². The Morgan fingerprint density at radius 3 is 1.21 bits per heavy atom. The molecule has 3 N–H and O–H groups in total. The third kappa shape index (κ3) is 10.6. The van der Waals surface area contributed by atoms with Gasteiger partial charge in [0.1, 0.15) is 0 Å². The van der Waals surface area contributed by atoms with Gasteiger partial charge in [0, 0.05) is 0 Å². The van der Waals surface area contributed by atoms with Gasteiger partial charge in [0.15, 0.2) is 0 Å². The van der Waals surface area contributed by atoms with Crippen LogP contribution in [-0.4, -0.2) is 71.5 Å². The van der Waals surface area contributed by atoms with E-state index >= 15 is 0 Å². The lowest BCUT2D eigenvalue weighted by molar-refractivity contribution is -0.247. The highest BCUT2D eigenvalue weighted by Gasteiger charge is 2.13. The minimum atomic E-state index is -1.41. The number of carboxylic acids is 3. The van der Waals surface area contributed by atoms with Gasteiger partial charge in [-0.25, -0.2) is 14.4 Å². The molecule has 0 fully saturated rings. The maximum absolute atomic E-state index is 10.1. The van der Waals surface area contributed by atoms with Crippen molar-refractivity contribution in [1.29, 1.82) is 0 Å². The molecule has 0 unspecified atom stereocenters. The number of aliphatic carboxylic acids is 3. The molecule has 13 nitrogen and oxygen atoms in total. The van der Waals surface area contributed by atoms with Crippen molar-refractivity contribution < 1.29 is 44.1 Å². The summed E-state index contributed by atoms with van der Waals surface area (Å²) in [4.78, 5) is 39.1.